The lowest BCUT2D eigenvalue weighted by atomic mass is 10.1. The normalized spacial score (nSPS) is 21.6. The smallest absolute Gasteiger partial charge is 0.326 e. The highest BCUT2D eigenvalue weighted by molar-refractivity contribution is 5.83. The summed E-state index contributed by atoms with van der Waals surface area (Å²) < 4.78 is 0. The maximum Gasteiger partial charge on any atom is 0.326 e. The van der Waals surface area contributed by atoms with Crippen LogP contribution >= 0.6 is 0 Å². The second kappa shape index (κ2) is 4.57. The van der Waals surface area contributed by atoms with E-state index in [1.165, 1.54) is 4.90 Å². The van der Waals surface area contributed by atoms with Crippen molar-refractivity contribution in [2.24, 2.45) is 0 Å². The van der Waals surface area contributed by atoms with Gasteiger partial charge in [0.1, 0.15) is 6.04 Å². The van der Waals surface area contributed by atoms with Gasteiger partial charge >= 0.3 is 12.0 Å². The summed E-state index contributed by atoms with van der Waals surface area (Å²) in [7, 11) is 0. The number of aliphatic carboxylic acids is 1. The Labute approximate surface area is 111 Å². The van der Waals surface area contributed by atoms with Gasteiger partial charge in [-0.25, -0.2) is 9.59 Å². The third-order valence-corrected chi connectivity index (χ3v) is 3.89. The fourth-order valence-electron chi connectivity index (χ4n) is 2.90. The maximum absolute atomic E-state index is 12.4. The minimum absolute atomic E-state index is 0.152. The molecule has 0 bridgehead atoms. The molecule has 1 unspecified atom stereocenters. The van der Waals surface area contributed by atoms with E-state index in [1.807, 2.05) is 24.3 Å². The maximum atomic E-state index is 12.4. The summed E-state index contributed by atoms with van der Waals surface area (Å²) in [5, 5.41) is 9.14. The molecule has 0 saturated carbocycles. The van der Waals surface area contributed by atoms with Crippen molar-refractivity contribution < 1.29 is 14.7 Å². The van der Waals surface area contributed by atoms with Crippen molar-refractivity contribution in [2.75, 3.05) is 6.54 Å². The Morgan fingerprint density at radius 1 is 1.16 bits per heavy atom. The lowest BCUT2D eigenvalue weighted by molar-refractivity contribution is -0.141. The van der Waals surface area contributed by atoms with Crippen LogP contribution in [0.25, 0.3) is 0 Å². The van der Waals surface area contributed by atoms with Crippen molar-refractivity contribution in [1.29, 1.82) is 0 Å². The summed E-state index contributed by atoms with van der Waals surface area (Å²) in [6.45, 7) is 1.71. The fraction of sp³-hybridized carbons (Fsp3) is 0.429. The average Bonchev–Trinajstić information content (AvgIpc) is 3.04. The van der Waals surface area contributed by atoms with Gasteiger partial charge in [-0.3, -0.25) is 0 Å². The van der Waals surface area contributed by atoms with E-state index in [-0.39, 0.29) is 6.03 Å². The van der Waals surface area contributed by atoms with E-state index in [0.29, 0.717) is 26.1 Å². The van der Waals surface area contributed by atoms with Gasteiger partial charge in [-0.2, -0.15) is 0 Å². The number of carbonyl (C=O) groups excluding carboxylic acids is 1. The summed E-state index contributed by atoms with van der Waals surface area (Å²) in [5.74, 6) is -0.900. The van der Waals surface area contributed by atoms with Crippen molar-refractivity contribution in [3.8, 4) is 0 Å². The number of carbonyl (C=O) groups is 2. The van der Waals surface area contributed by atoms with E-state index in [9.17, 15) is 9.59 Å². The molecule has 0 spiro atoms. The van der Waals surface area contributed by atoms with Crippen molar-refractivity contribution in [2.45, 2.75) is 32.0 Å². The topological polar surface area (TPSA) is 60.9 Å². The fourth-order valence-corrected chi connectivity index (χ4v) is 2.90. The highest BCUT2D eigenvalue weighted by atomic mass is 16.4. The number of likely N-dealkylation sites (tertiary alicyclic amines) is 1. The van der Waals surface area contributed by atoms with E-state index >= 15 is 0 Å². The van der Waals surface area contributed by atoms with Gasteiger partial charge in [0.15, 0.2) is 0 Å². The molecule has 1 atom stereocenters. The summed E-state index contributed by atoms with van der Waals surface area (Å²) in [4.78, 5) is 26.8. The molecule has 100 valence electrons. The number of urea groups is 1. The molecule has 1 aromatic rings. The standard InChI is InChI=1S/C14H16N2O3/c17-13(18)12-6-3-7-16(12)14(19)15-8-10-4-1-2-5-11(10)9-15/h1-2,4-5,12H,3,6-9H2,(H,17,18). The van der Waals surface area contributed by atoms with Gasteiger partial charge in [0.25, 0.3) is 0 Å². The number of carboxylic acids is 1. The van der Waals surface area contributed by atoms with Gasteiger partial charge in [0.2, 0.25) is 0 Å². The van der Waals surface area contributed by atoms with E-state index in [0.717, 1.165) is 17.5 Å². The number of benzene rings is 1. The predicted octanol–water partition coefficient (Wildman–Crippen LogP) is 1.67. The van der Waals surface area contributed by atoms with E-state index in [4.69, 9.17) is 5.11 Å². The second-order valence-electron chi connectivity index (χ2n) is 5.10. The average molecular weight is 260 g/mol. The number of nitrogens with zero attached hydrogens (tertiary/aromatic N) is 2. The van der Waals surface area contributed by atoms with Crippen LogP contribution in [0.15, 0.2) is 24.3 Å². The van der Waals surface area contributed by atoms with Gasteiger partial charge in [0, 0.05) is 19.6 Å². The Kier molecular flexibility index (Phi) is 2.89. The zero-order chi connectivity index (χ0) is 13.4. The first-order valence-electron chi connectivity index (χ1n) is 6.52. The molecule has 19 heavy (non-hydrogen) atoms. The number of amides is 2. The first-order chi connectivity index (χ1) is 9.16. The number of hydrogen-bond donors (Lipinski definition) is 1. The molecule has 2 aliphatic heterocycles. The van der Waals surface area contributed by atoms with Crippen LogP contribution in [0.3, 0.4) is 0 Å². The molecule has 0 aromatic heterocycles. The number of fused-ring (bicyclic) bond motifs is 1. The summed E-state index contributed by atoms with van der Waals surface area (Å²) in [6.07, 6.45) is 1.32. The molecule has 1 aromatic carbocycles. The van der Waals surface area contributed by atoms with Crippen molar-refractivity contribution >= 4 is 12.0 Å². The molecule has 0 aliphatic carbocycles. The largest absolute Gasteiger partial charge is 0.480 e. The Balaban J connectivity index is 1.74. The van der Waals surface area contributed by atoms with Crippen LogP contribution in [-0.2, 0) is 17.9 Å². The summed E-state index contributed by atoms with van der Waals surface area (Å²) in [6, 6.07) is 7.14. The molecule has 1 N–H and O–H groups in total. The molecule has 2 amide bonds. The molecule has 2 heterocycles. The van der Waals surface area contributed by atoms with Gasteiger partial charge < -0.3 is 14.9 Å². The zero-order valence-corrected chi connectivity index (χ0v) is 10.6. The van der Waals surface area contributed by atoms with E-state index < -0.39 is 12.0 Å². The molecule has 1 saturated heterocycles. The molecule has 2 aliphatic rings. The number of carboxylic acid groups (broad SMARTS) is 1. The minimum Gasteiger partial charge on any atom is -0.480 e. The van der Waals surface area contributed by atoms with Crippen LogP contribution in [0.5, 0.6) is 0 Å². The van der Waals surface area contributed by atoms with Crippen LogP contribution < -0.4 is 0 Å². The van der Waals surface area contributed by atoms with Crippen LogP contribution in [0.2, 0.25) is 0 Å². The minimum atomic E-state index is -0.900. The summed E-state index contributed by atoms with van der Waals surface area (Å²) in [5.41, 5.74) is 2.31. The molecule has 5 nitrogen and oxygen atoms in total. The Hall–Kier alpha value is -2.04. The SMILES string of the molecule is O=C(O)C1CCCN1C(=O)N1Cc2ccccc2C1. The molecule has 0 radical (unpaired) electrons. The van der Waals surface area contributed by atoms with Gasteiger partial charge in [-0.15, -0.1) is 0 Å². The third-order valence-electron chi connectivity index (χ3n) is 3.89. The Morgan fingerprint density at radius 3 is 2.37 bits per heavy atom. The van der Waals surface area contributed by atoms with E-state index in [1.54, 1.807) is 4.90 Å². The second-order valence-corrected chi connectivity index (χ2v) is 5.10. The number of rotatable bonds is 1. The quantitative estimate of drug-likeness (QED) is 0.835. The molecular formula is C14H16N2O3. The highest BCUT2D eigenvalue weighted by Crippen LogP contribution is 2.26. The molecule has 5 heteroatoms. The van der Waals surface area contributed by atoms with Crippen LogP contribution in [0.1, 0.15) is 24.0 Å². The Morgan fingerprint density at radius 2 is 1.79 bits per heavy atom. The van der Waals surface area contributed by atoms with Crippen LogP contribution in [0.4, 0.5) is 4.79 Å². The lowest BCUT2D eigenvalue weighted by Gasteiger charge is -2.27. The van der Waals surface area contributed by atoms with Crippen molar-refractivity contribution in [1.82, 2.24) is 9.80 Å². The van der Waals surface area contributed by atoms with Crippen LogP contribution in [0, 0.1) is 0 Å². The summed E-state index contributed by atoms with van der Waals surface area (Å²) >= 11 is 0. The first kappa shape index (κ1) is 12.0. The lowest BCUT2D eigenvalue weighted by Crippen LogP contribution is -2.46. The van der Waals surface area contributed by atoms with Gasteiger partial charge in [0.05, 0.1) is 0 Å². The zero-order valence-electron chi connectivity index (χ0n) is 10.6. The number of hydrogen-bond acceptors (Lipinski definition) is 2. The Bertz CT molecular complexity index is 504. The monoisotopic (exact) mass is 260 g/mol. The van der Waals surface area contributed by atoms with Crippen molar-refractivity contribution in [3.05, 3.63) is 35.4 Å². The van der Waals surface area contributed by atoms with Gasteiger partial charge in [-0.1, -0.05) is 24.3 Å². The first-order valence-corrected chi connectivity index (χ1v) is 6.52. The van der Waals surface area contributed by atoms with Crippen molar-refractivity contribution in [3.63, 3.8) is 0 Å². The third kappa shape index (κ3) is 2.05. The molecule has 1 fully saturated rings. The predicted molar refractivity (Wildman–Crippen MR) is 68.4 cm³/mol. The molecular weight excluding hydrogens is 244 g/mol. The van der Waals surface area contributed by atoms with Gasteiger partial charge in [-0.05, 0) is 24.0 Å². The molecule has 3 rings (SSSR count). The highest BCUT2D eigenvalue weighted by Gasteiger charge is 2.37. The van der Waals surface area contributed by atoms with E-state index in [2.05, 4.69) is 0 Å². The van der Waals surface area contributed by atoms with Crippen LogP contribution in [-0.4, -0.2) is 39.5 Å².